The normalized spacial score (nSPS) is 16.6. The number of imidazole rings is 1. The van der Waals surface area contributed by atoms with Crippen molar-refractivity contribution >= 4 is 12.2 Å². The van der Waals surface area contributed by atoms with E-state index in [4.69, 9.17) is 12.2 Å². The number of nitrogens with one attached hydrogen (secondary N) is 1. The molecule has 0 bridgehead atoms. The van der Waals surface area contributed by atoms with Crippen LogP contribution in [0.3, 0.4) is 0 Å². The van der Waals surface area contributed by atoms with Crippen LogP contribution in [0.2, 0.25) is 0 Å². The van der Waals surface area contributed by atoms with Crippen LogP contribution in [0.4, 0.5) is 0 Å². The number of rotatable bonds is 5. The molecule has 0 amide bonds. The van der Waals surface area contributed by atoms with E-state index in [0.29, 0.717) is 6.04 Å². The second-order valence-electron chi connectivity index (χ2n) is 5.70. The smallest absolute Gasteiger partial charge is 0.177 e. The zero-order valence-corrected chi connectivity index (χ0v) is 12.9. The lowest BCUT2D eigenvalue weighted by Gasteiger charge is -2.25. The van der Waals surface area contributed by atoms with Crippen molar-refractivity contribution in [3.63, 3.8) is 0 Å². The van der Waals surface area contributed by atoms with E-state index in [0.717, 1.165) is 17.4 Å². The van der Waals surface area contributed by atoms with Crippen molar-refractivity contribution < 1.29 is 0 Å². The Morgan fingerprint density at radius 3 is 2.70 bits per heavy atom. The SMILES string of the molecule is CC(Cn1c(-c2ccccc2)c[nH]c1=S)N(C)C1CC1. The molecule has 4 heteroatoms. The monoisotopic (exact) mass is 287 g/mol. The highest BCUT2D eigenvalue weighted by molar-refractivity contribution is 7.71. The summed E-state index contributed by atoms with van der Waals surface area (Å²) in [7, 11) is 2.22. The fourth-order valence-electron chi connectivity index (χ4n) is 2.66. The summed E-state index contributed by atoms with van der Waals surface area (Å²) in [5.74, 6) is 0. The van der Waals surface area contributed by atoms with Crippen LogP contribution in [0.25, 0.3) is 11.3 Å². The third-order valence-corrected chi connectivity index (χ3v) is 4.54. The molecule has 3 rings (SSSR count). The molecule has 1 saturated carbocycles. The second kappa shape index (κ2) is 5.54. The Balaban J connectivity index is 1.86. The molecule has 1 aliphatic rings. The van der Waals surface area contributed by atoms with Gasteiger partial charge in [-0.3, -0.25) is 4.90 Å². The summed E-state index contributed by atoms with van der Waals surface area (Å²) in [5, 5.41) is 0. The molecule has 106 valence electrons. The molecule has 1 N–H and O–H groups in total. The number of H-pyrrole nitrogens is 1. The number of hydrogen-bond acceptors (Lipinski definition) is 2. The van der Waals surface area contributed by atoms with Crippen LogP contribution >= 0.6 is 12.2 Å². The Morgan fingerprint density at radius 1 is 1.35 bits per heavy atom. The van der Waals surface area contributed by atoms with Crippen molar-refractivity contribution in [2.24, 2.45) is 0 Å². The zero-order valence-electron chi connectivity index (χ0n) is 12.0. The quantitative estimate of drug-likeness (QED) is 0.848. The second-order valence-corrected chi connectivity index (χ2v) is 6.09. The van der Waals surface area contributed by atoms with Crippen molar-refractivity contribution in [3.05, 3.63) is 41.3 Å². The standard InChI is InChI=1S/C16H21N3S/c1-12(18(2)14-8-9-14)11-19-15(10-17-16(19)20)13-6-4-3-5-7-13/h3-7,10,12,14H,8-9,11H2,1-2H3,(H,17,20). The van der Waals surface area contributed by atoms with Gasteiger partial charge in [-0.05, 0) is 44.6 Å². The van der Waals surface area contributed by atoms with Gasteiger partial charge >= 0.3 is 0 Å². The van der Waals surface area contributed by atoms with Gasteiger partial charge in [0.25, 0.3) is 0 Å². The van der Waals surface area contributed by atoms with Gasteiger partial charge in [-0.2, -0.15) is 0 Å². The van der Waals surface area contributed by atoms with Crippen LogP contribution in [0.1, 0.15) is 19.8 Å². The van der Waals surface area contributed by atoms with E-state index in [1.54, 1.807) is 0 Å². The highest BCUT2D eigenvalue weighted by atomic mass is 32.1. The molecule has 1 fully saturated rings. The Bertz CT molecular complexity index is 625. The number of aromatic amines is 1. The Hall–Kier alpha value is -1.39. The summed E-state index contributed by atoms with van der Waals surface area (Å²) >= 11 is 5.45. The van der Waals surface area contributed by atoms with Gasteiger partial charge in [0.2, 0.25) is 0 Å². The lowest BCUT2D eigenvalue weighted by atomic mass is 10.1. The van der Waals surface area contributed by atoms with E-state index >= 15 is 0 Å². The maximum absolute atomic E-state index is 5.45. The lowest BCUT2D eigenvalue weighted by molar-refractivity contribution is 0.225. The number of nitrogens with zero attached hydrogens (tertiary/aromatic N) is 2. The van der Waals surface area contributed by atoms with Gasteiger partial charge in [0, 0.05) is 24.8 Å². The summed E-state index contributed by atoms with van der Waals surface area (Å²) in [6, 6.07) is 11.7. The maximum atomic E-state index is 5.45. The average Bonchev–Trinajstić information content (AvgIpc) is 3.25. The number of likely N-dealkylation sites (N-methyl/N-ethyl adjacent to an activating group) is 1. The average molecular weight is 287 g/mol. The third kappa shape index (κ3) is 2.72. The van der Waals surface area contributed by atoms with Gasteiger partial charge in [0.1, 0.15) is 0 Å². The maximum Gasteiger partial charge on any atom is 0.177 e. The Kier molecular flexibility index (Phi) is 3.76. The fraction of sp³-hybridized carbons (Fsp3) is 0.438. The molecule has 1 aliphatic carbocycles. The third-order valence-electron chi connectivity index (χ3n) is 4.20. The molecular weight excluding hydrogens is 266 g/mol. The summed E-state index contributed by atoms with van der Waals surface area (Å²) in [6.07, 6.45) is 4.69. The largest absolute Gasteiger partial charge is 0.337 e. The fourth-order valence-corrected chi connectivity index (χ4v) is 2.89. The molecule has 0 radical (unpaired) electrons. The van der Waals surface area contributed by atoms with Crippen molar-refractivity contribution in [2.45, 2.75) is 38.4 Å². The van der Waals surface area contributed by atoms with Gasteiger partial charge in [0.15, 0.2) is 4.77 Å². The predicted molar refractivity (Wildman–Crippen MR) is 85.3 cm³/mol. The van der Waals surface area contributed by atoms with E-state index in [1.165, 1.54) is 24.1 Å². The summed E-state index contributed by atoms with van der Waals surface area (Å²) in [4.78, 5) is 5.66. The highest BCUT2D eigenvalue weighted by Crippen LogP contribution is 2.28. The Morgan fingerprint density at radius 2 is 2.05 bits per heavy atom. The summed E-state index contributed by atoms with van der Waals surface area (Å²) in [5.41, 5.74) is 2.38. The van der Waals surface area contributed by atoms with Gasteiger partial charge < -0.3 is 9.55 Å². The molecule has 1 heterocycles. The van der Waals surface area contributed by atoms with E-state index in [1.807, 2.05) is 12.3 Å². The van der Waals surface area contributed by atoms with Gasteiger partial charge in [0.05, 0.1) is 5.69 Å². The molecule has 2 aromatic rings. The predicted octanol–water partition coefficient (Wildman–Crippen LogP) is 3.70. The molecule has 0 spiro atoms. The van der Waals surface area contributed by atoms with Crippen LogP contribution in [-0.4, -0.2) is 33.6 Å². The van der Waals surface area contributed by atoms with Crippen LogP contribution in [-0.2, 0) is 6.54 Å². The van der Waals surface area contributed by atoms with E-state index in [-0.39, 0.29) is 0 Å². The van der Waals surface area contributed by atoms with E-state index < -0.39 is 0 Å². The minimum Gasteiger partial charge on any atom is -0.337 e. The van der Waals surface area contributed by atoms with Crippen molar-refractivity contribution in [1.29, 1.82) is 0 Å². The minimum absolute atomic E-state index is 0.493. The van der Waals surface area contributed by atoms with E-state index in [9.17, 15) is 0 Å². The van der Waals surface area contributed by atoms with Crippen molar-refractivity contribution in [1.82, 2.24) is 14.5 Å². The number of benzene rings is 1. The topological polar surface area (TPSA) is 24.0 Å². The van der Waals surface area contributed by atoms with Gasteiger partial charge in [-0.25, -0.2) is 0 Å². The molecule has 1 aromatic carbocycles. The van der Waals surface area contributed by atoms with E-state index in [2.05, 4.69) is 52.7 Å². The highest BCUT2D eigenvalue weighted by Gasteiger charge is 2.29. The molecule has 0 aliphatic heterocycles. The zero-order chi connectivity index (χ0) is 14.1. The van der Waals surface area contributed by atoms with Crippen molar-refractivity contribution in [3.8, 4) is 11.3 Å². The molecule has 20 heavy (non-hydrogen) atoms. The van der Waals surface area contributed by atoms with Crippen LogP contribution < -0.4 is 0 Å². The minimum atomic E-state index is 0.493. The molecule has 1 aromatic heterocycles. The first kappa shape index (κ1) is 13.6. The van der Waals surface area contributed by atoms with Gasteiger partial charge in [-0.15, -0.1) is 0 Å². The van der Waals surface area contributed by atoms with Crippen molar-refractivity contribution in [2.75, 3.05) is 7.05 Å². The summed E-state index contributed by atoms with van der Waals surface area (Å²) in [6.45, 7) is 3.21. The van der Waals surface area contributed by atoms with Crippen LogP contribution in [0.5, 0.6) is 0 Å². The molecule has 1 unspecified atom stereocenters. The number of aromatic nitrogens is 2. The Labute approximate surface area is 125 Å². The first-order valence-electron chi connectivity index (χ1n) is 7.22. The molecule has 0 saturated heterocycles. The molecule has 1 atom stereocenters. The number of hydrogen-bond donors (Lipinski definition) is 1. The summed E-state index contributed by atoms with van der Waals surface area (Å²) < 4.78 is 3.02. The van der Waals surface area contributed by atoms with Crippen LogP contribution in [0, 0.1) is 4.77 Å². The van der Waals surface area contributed by atoms with Crippen LogP contribution in [0.15, 0.2) is 36.5 Å². The lowest BCUT2D eigenvalue weighted by Crippen LogP contribution is -2.34. The first-order valence-corrected chi connectivity index (χ1v) is 7.63. The molecular formula is C16H21N3S. The first-order chi connectivity index (χ1) is 9.66. The molecule has 3 nitrogen and oxygen atoms in total. The van der Waals surface area contributed by atoms with Gasteiger partial charge in [-0.1, -0.05) is 30.3 Å².